The highest BCUT2D eigenvalue weighted by atomic mass is 32.2. The van der Waals surface area contributed by atoms with E-state index in [-0.39, 0.29) is 18.2 Å². The van der Waals surface area contributed by atoms with Gasteiger partial charge in [0, 0.05) is 43.4 Å². The SMILES string of the molecule is COc1ccc(C)c(S(=O)(=O)N2C3CCC2CC(Oc2ccncc2)C3)c1. The molecule has 0 N–H and O–H groups in total. The number of pyridine rings is 1. The molecule has 2 aliphatic rings. The van der Waals surface area contributed by atoms with Crippen molar-refractivity contribution in [2.45, 2.75) is 55.7 Å². The predicted molar refractivity (Wildman–Crippen MR) is 101 cm³/mol. The number of sulfonamides is 1. The van der Waals surface area contributed by atoms with E-state index >= 15 is 0 Å². The number of fused-ring (bicyclic) bond motifs is 2. The number of rotatable bonds is 5. The number of hydrogen-bond acceptors (Lipinski definition) is 5. The van der Waals surface area contributed by atoms with Crippen LogP contribution in [0.2, 0.25) is 0 Å². The molecule has 4 rings (SSSR count). The summed E-state index contributed by atoms with van der Waals surface area (Å²) in [5.74, 6) is 1.34. The molecule has 0 radical (unpaired) electrons. The summed E-state index contributed by atoms with van der Waals surface area (Å²) >= 11 is 0. The number of methoxy groups -OCH3 is 1. The maximum absolute atomic E-state index is 13.4. The molecule has 2 saturated heterocycles. The lowest BCUT2D eigenvalue weighted by molar-refractivity contribution is 0.0956. The summed E-state index contributed by atoms with van der Waals surface area (Å²) in [6.45, 7) is 1.83. The van der Waals surface area contributed by atoms with Crippen molar-refractivity contribution in [3.8, 4) is 11.5 Å². The minimum atomic E-state index is -3.57. The second-order valence-corrected chi connectivity index (χ2v) is 9.06. The van der Waals surface area contributed by atoms with Crippen LogP contribution in [0.5, 0.6) is 11.5 Å². The third-order valence-corrected chi connectivity index (χ3v) is 7.67. The summed E-state index contributed by atoms with van der Waals surface area (Å²) in [6, 6.07) is 8.85. The summed E-state index contributed by atoms with van der Waals surface area (Å²) in [6.07, 6.45) is 6.61. The van der Waals surface area contributed by atoms with Crippen molar-refractivity contribution in [3.05, 3.63) is 48.3 Å². The summed E-state index contributed by atoms with van der Waals surface area (Å²) in [7, 11) is -2.02. The number of aryl methyl sites for hydroxylation is 1. The van der Waals surface area contributed by atoms with Crippen molar-refractivity contribution in [3.63, 3.8) is 0 Å². The van der Waals surface area contributed by atoms with Gasteiger partial charge in [-0.25, -0.2) is 8.42 Å². The van der Waals surface area contributed by atoms with Crippen LogP contribution in [0.3, 0.4) is 0 Å². The van der Waals surface area contributed by atoms with Crippen LogP contribution in [-0.4, -0.2) is 43.0 Å². The van der Waals surface area contributed by atoms with Crippen molar-refractivity contribution in [1.82, 2.24) is 9.29 Å². The van der Waals surface area contributed by atoms with E-state index in [1.165, 1.54) is 0 Å². The monoisotopic (exact) mass is 388 g/mol. The van der Waals surface area contributed by atoms with Crippen molar-refractivity contribution in [1.29, 1.82) is 0 Å². The van der Waals surface area contributed by atoms with E-state index in [2.05, 4.69) is 4.98 Å². The molecule has 6 nitrogen and oxygen atoms in total. The van der Waals surface area contributed by atoms with E-state index in [0.29, 0.717) is 23.5 Å². The van der Waals surface area contributed by atoms with E-state index < -0.39 is 10.0 Å². The molecule has 2 bridgehead atoms. The van der Waals surface area contributed by atoms with Gasteiger partial charge in [0.2, 0.25) is 10.0 Å². The van der Waals surface area contributed by atoms with Crippen LogP contribution in [0.25, 0.3) is 0 Å². The largest absolute Gasteiger partial charge is 0.497 e. The lowest BCUT2D eigenvalue weighted by atomic mass is 10.0. The summed E-state index contributed by atoms with van der Waals surface area (Å²) in [5, 5.41) is 0. The van der Waals surface area contributed by atoms with Gasteiger partial charge in [0.1, 0.15) is 17.6 Å². The summed E-state index contributed by atoms with van der Waals surface area (Å²) in [5.41, 5.74) is 0.741. The van der Waals surface area contributed by atoms with Crippen molar-refractivity contribution in [2.75, 3.05) is 7.11 Å². The number of benzene rings is 1. The zero-order valence-corrected chi connectivity index (χ0v) is 16.4. The highest BCUT2D eigenvalue weighted by Gasteiger charge is 2.48. The molecular formula is C20H24N2O4S. The van der Waals surface area contributed by atoms with E-state index in [1.54, 1.807) is 42.0 Å². The van der Waals surface area contributed by atoms with Gasteiger partial charge < -0.3 is 9.47 Å². The maximum Gasteiger partial charge on any atom is 0.243 e. The first-order valence-corrected chi connectivity index (χ1v) is 10.7. The summed E-state index contributed by atoms with van der Waals surface area (Å²) in [4.78, 5) is 4.34. The minimum absolute atomic E-state index is 0.0220. The van der Waals surface area contributed by atoms with Crippen LogP contribution < -0.4 is 9.47 Å². The van der Waals surface area contributed by atoms with Crippen LogP contribution in [0.4, 0.5) is 0 Å². The molecule has 2 fully saturated rings. The molecule has 0 spiro atoms. The Balaban J connectivity index is 1.57. The molecule has 2 atom stereocenters. The highest BCUT2D eigenvalue weighted by molar-refractivity contribution is 7.89. The molecule has 3 heterocycles. The van der Waals surface area contributed by atoms with Gasteiger partial charge in [-0.15, -0.1) is 0 Å². The second-order valence-electron chi connectivity index (χ2n) is 7.25. The molecule has 0 aliphatic carbocycles. The average molecular weight is 388 g/mol. The number of hydrogen-bond donors (Lipinski definition) is 0. The van der Waals surface area contributed by atoms with Gasteiger partial charge >= 0.3 is 0 Å². The van der Waals surface area contributed by atoms with Crippen molar-refractivity contribution < 1.29 is 17.9 Å². The minimum Gasteiger partial charge on any atom is -0.497 e. The second kappa shape index (κ2) is 7.13. The van der Waals surface area contributed by atoms with Crippen molar-refractivity contribution >= 4 is 10.0 Å². The van der Waals surface area contributed by atoms with E-state index in [9.17, 15) is 8.42 Å². The van der Waals surface area contributed by atoms with Gasteiger partial charge in [-0.3, -0.25) is 4.98 Å². The Morgan fingerprint density at radius 2 is 1.70 bits per heavy atom. The van der Waals surface area contributed by atoms with E-state index in [4.69, 9.17) is 9.47 Å². The lowest BCUT2D eigenvalue weighted by Crippen LogP contribution is -2.49. The fraction of sp³-hybridized carbons (Fsp3) is 0.450. The fourth-order valence-corrected chi connectivity index (χ4v) is 6.42. The molecule has 27 heavy (non-hydrogen) atoms. The Kier molecular flexibility index (Phi) is 4.82. The Bertz CT molecular complexity index is 903. The molecule has 1 aromatic carbocycles. The zero-order valence-electron chi connectivity index (χ0n) is 15.5. The molecule has 1 aromatic heterocycles. The van der Waals surface area contributed by atoms with E-state index in [0.717, 1.165) is 24.2 Å². The van der Waals surface area contributed by atoms with Crippen LogP contribution in [-0.2, 0) is 10.0 Å². The fourth-order valence-electron chi connectivity index (χ4n) is 4.28. The molecule has 144 valence electrons. The smallest absolute Gasteiger partial charge is 0.243 e. The standard InChI is InChI=1S/C20H24N2O4S/c1-14-3-6-18(25-2)13-20(14)27(23,24)22-15-4-5-16(22)12-19(11-15)26-17-7-9-21-10-8-17/h3,6-10,13,15-16,19H,4-5,11-12H2,1-2H3. The Labute approximate surface area is 160 Å². The number of ether oxygens (including phenoxy) is 2. The number of piperidine rings is 1. The predicted octanol–water partition coefficient (Wildman–Crippen LogP) is 3.16. The van der Waals surface area contributed by atoms with Crippen molar-refractivity contribution in [2.24, 2.45) is 0 Å². The van der Waals surface area contributed by atoms with Gasteiger partial charge in [-0.05, 0) is 43.5 Å². The van der Waals surface area contributed by atoms with Gasteiger partial charge in [0.15, 0.2) is 0 Å². The molecule has 2 aromatic rings. The molecule has 0 amide bonds. The third kappa shape index (κ3) is 3.41. The number of nitrogens with zero attached hydrogens (tertiary/aromatic N) is 2. The molecule has 7 heteroatoms. The first-order chi connectivity index (χ1) is 13.0. The molecule has 2 aliphatic heterocycles. The van der Waals surface area contributed by atoms with Gasteiger partial charge in [0.05, 0.1) is 12.0 Å². The van der Waals surface area contributed by atoms with Crippen LogP contribution >= 0.6 is 0 Å². The van der Waals surface area contributed by atoms with Gasteiger partial charge in [-0.2, -0.15) is 4.31 Å². The Morgan fingerprint density at radius 1 is 1.04 bits per heavy atom. The molecule has 0 saturated carbocycles. The zero-order chi connectivity index (χ0) is 19.0. The first kappa shape index (κ1) is 18.3. The maximum atomic E-state index is 13.4. The lowest BCUT2D eigenvalue weighted by Gasteiger charge is -2.38. The topological polar surface area (TPSA) is 68.7 Å². The number of aromatic nitrogens is 1. The third-order valence-electron chi connectivity index (χ3n) is 5.53. The molecule has 2 unspecified atom stereocenters. The Morgan fingerprint density at radius 3 is 2.33 bits per heavy atom. The van der Waals surface area contributed by atoms with Crippen LogP contribution in [0.1, 0.15) is 31.2 Å². The van der Waals surface area contributed by atoms with Crippen LogP contribution in [0, 0.1) is 6.92 Å². The summed E-state index contributed by atoms with van der Waals surface area (Å²) < 4.78 is 39.9. The Hall–Kier alpha value is -2.12. The quantitative estimate of drug-likeness (QED) is 0.787. The van der Waals surface area contributed by atoms with Gasteiger partial charge in [-0.1, -0.05) is 6.07 Å². The highest BCUT2D eigenvalue weighted by Crippen LogP contribution is 2.41. The molecular weight excluding hydrogens is 364 g/mol. The first-order valence-electron chi connectivity index (χ1n) is 9.24. The van der Waals surface area contributed by atoms with Crippen LogP contribution in [0.15, 0.2) is 47.6 Å². The van der Waals surface area contributed by atoms with E-state index in [1.807, 2.05) is 19.1 Å². The normalized spacial score (nSPS) is 25.3. The van der Waals surface area contributed by atoms with Gasteiger partial charge in [0.25, 0.3) is 0 Å². The average Bonchev–Trinajstić information content (AvgIpc) is 2.95.